The van der Waals surface area contributed by atoms with Crippen LogP contribution in [0.3, 0.4) is 0 Å². The second-order valence-electron chi connectivity index (χ2n) is 5.15. The second kappa shape index (κ2) is 5.03. The standard InChI is InChI=1S/C14H18N4OS/c1-16-13(19)12-11(15)8-5-6-9(17-14(8)20-12)10-4-3-7-18(10)2/h5-6,10H,3-4,7,15H2,1-2H3,(H,16,19)/t10-/m1/s1. The monoisotopic (exact) mass is 290 g/mol. The fourth-order valence-corrected chi connectivity index (χ4v) is 3.81. The molecule has 0 aromatic carbocycles. The van der Waals surface area contributed by atoms with E-state index < -0.39 is 0 Å². The van der Waals surface area contributed by atoms with Crippen LogP contribution in [0.5, 0.6) is 0 Å². The van der Waals surface area contributed by atoms with Gasteiger partial charge in [-0.25, -0.2) is 4.98 Å². The van der Waals surface area contributed by atoms with E-state index in [9.17, 15) is 4.79 Å². The number of pyridine rings is 1. The summed E-state index contributed by atoms with van der Waals surface area (Å²) in [6, 6.07) is 4.40. The number of anilines is 1. The molecule has 20 heavy (non-hydrogen) atoms. The highest BCUT2D eigenvalue weighted by Crippen LogP contribution is 2.35. The first-order valence-electron chi connectivity index (χ1n) is 6.73. The average molecular weight is 290 g/mol. The molecule has 1 fully saturated rings. The van der Waals surface area contributed by atoms with Gasteiger partial charge in [0.1, 0.15) is 9.71 Å². The molecule has 1 aliphatic rings. The Morgan fingerprint density at radius 2 is 2.35 bits per heavy atom. The highest BCUT2D eigenvalue weighted by atomic mass is 32.1. The van der Waals surface area contributed by atoms with Crippen molar-refractivity contribution in [3.05, 3.63) is 22.7 Å². The van der Waals surface area contributed by atoms with Crippen LogP contribution in [0.1, 0.15) is 34.2 Å². The van der Waals surface area contributed by atoms with Crippen molar-refractivity contribution in [1.82, 2.24) is 15.2 Å². The maximum absolute atomic E-state index is 11.8. The summed E-state index contributed by atoms with van der Waals surface area (Å²) in [5.74, 6) is -0.148. The van der Waals surface area contributed by atoms with Crippen molar-refractivity contribution < 1.29 is 4.79 Å². The molecule has 3 rings (SSSR count). The number of hydrogen-bond donors (Lipinski definition) is 2. The van der Waals surface area contributed by atoms with E-state index in [1.165, 1.54) is 17.8 Å². The summed E-state index contributed by atoms with van der Waals surface area (Å²) in [4.78, 5) is 20.2. The molecule has 3 N–H and O–H groups in total. The maximum atomic E-state index is 11.8. The minimum atomic E-state index is -0.148. The topological polar surface area (TPSA) is 71.2 Å². The number of nitrogens with zero attached hydrogens (tertiary/aromatic N) is 2. The quantitative estimate of drug-likeness (QED) is 0.887. The average Bonchev–Trinajstić information content (AvgIpc) is 3.02. The molecule has 3 heterocycles. The molecule has 2 aromatic rings. The molecule has 0 unspecified atom stereocenters. The first-order chi connectivity index (χ1) is 9.61. The minimum Gasteiger partial charge on any atom is -0.397 e. The summed E-state index contributed by atoms with van der Waals surface area (Å²) < 4.78 is 0. The zero-order valence-electron chi connectivity index (χ0n) is 11.6. The van der Waals surface area contributed by atoms with Crippen LogP contribution in [0, 0.1) is 0 Å². The normalized spacial score (nSPS) is 19.6. The number of hydrogen-bond acceptors (Lipinski definition) is 5. The van der Waals surface area contributed by atoms with Gasteiger partial charge < -0.3 is 11.1 Å². The van der Waals surface area contributed by atoms with Crippen molar-refractivity contribution >= 4 is 33.1 Å². The van der Waals surface area contributed by atoms with E-state index in [0.29, 0.717) is 16.6 Å². The van der Waals surface area contributed by atoms with E-state index in [2.05, 4.69) is 17.3 Å². The number of aromatic nitrogens is 1. The lowest BCUT2D eigenvalue weighted by molar-refractivity contribution is 0.0968. The Bertz CT molecular complexity index is 666. The molecule has 0 spiro atoms. The van der Waals surface area contributed by atoms with Crippen molar-refractivity contribution in [1.29, 1.82) is 0 Å². The van der Waals surface area contributed by atoms with Crippen LogP contribution in [-0.2, 0) is 0 Å². The molecule has 1 atom stereocenters. The van der Waals surface area contributed by atoms with E-state index in [0.717, 1.165) is 28.9 Å². The molecule has 1 amide bonds. The van der Waals surface area contributed by atoms with Crippen LogP contribution < -0.4 is 11.1 Å². The zero-order chi connectivity index (χ0) is 14.3. The van der Waals surface area contributed by atoms with E-state index in [1.54, 1.807) is 7.05 Å². The molecule has 106 valence electrons. The number of nitrogens with two attached hydrogens (primary N) is 1. The summed E-state index contributed by atoms with van der Waals surface area (Å²) in [5, 5.41) is 3.49. The van der Waals surface area contributed by atoms with Crippen molar-refractivity contribution in [3.8, 4) is 0 Å². The van der Waals surface area contributed by atoms with Crippen molar-refractivity contribution in [2.75, 3.05) is 26.4 Å². The molecular weight excluding hydrogens is 272 g/mol. The van der Waals surface area contributed by atoms with Gasteiger partial charge in [0.05, 0.1) is 17.4 Å². The summed E-state index contributed by atoms with van der Waals surface area (Å²) >= 11 is 1.36. The van der Waals surface area contributed by atoms with Crippen LogP contribution >= 0.6 is 11.3 Å². The molecular formula is C14H18N4OS. The lowest BCUT2D eigenvalue weighted by Crippen LogP contribution is -2.18. The van der Waals surface area contributed by atoms with Gasteiger partial charge in [0.25, 0.3) is 5.91 Å². The number of fused-ring (bicyclic) bond motifs is 1. The Labute approximate surface area is 121 Å². The van der Waals surface area contributed by atoms with Crippen molar-refractivity contribution in [2.45, 2.75) is 18.9 Å². The Morgan fingerprint density at radius 3 is 3.00 bits per heavy atom. The molecule has 2 aromatic heterocycles. The third-order valence-electron chi connectivity index (χ3n) is 3.91. The highest BCUT2D eigenvalue weighted by Gasteiger charge is 2.25. The van der Waals surface area contributed by atoms with E-state index in [4.69, 9.17) is 10.7 Å². The Balaban J connectivity index is 2.05. The van der Waals surface area contributed by atoms with Gasteiger partial charge in [-0.2, -0.15) is 0 Å². The molecule has 0 saturated carbocycles. The van der Waals surface area contributed by atoms with Gasteiger partial charge in [-0.3, -0.25) is 9.69 Å². The number of nitrogen functional groups attached to an aromatic ring is 1. The largest absolute Gasteiger partial charge is 0.397 e. The molecule has 1 saturated heterocycles. The number of carbonyl (C=O) groups excluding carboxylic acids is 1. The SMILES string of the molecule is CNC(=O)c1sc2nc([C@H]3CCCN3C)ccc2c1N. The van der Waals surface area contributed by atoms with Gasteiger partial charge in [0.2, 0.25) is 0 Å². The fourth-order valence-electron chi connectivity index (χ4n) is 2.76. The lowest BCUT2D eigenvalue weighted by Gasteiger charge is -2.18. The van der Waals surface area contributed by atoms with Crippen molar-refractivity contribution in [3.63, 3.8) is 0 Å². The molecule has 0 aliphatic carbocycles. The predicted octanol–water partition coefficient (Wildman–Crippen LogP) is 2.00. The Hall–Kier alpha value is -1.66. The number of amides is 1. The van der Waals surface area contributed by atoms with Gasteiger partial charge in [-0.05, 0) is 38.6 Å². The molecule has 6 heteroatoms. The molecule has 0 bridgehead atoms. The molecule has 0 radical (unpaired) electrons. The third-order valence-corrected chi connectivity index (χ3v) is 5.02. The van der Waals surface area contributed by atoms with E-state index in [1.807, 2.05) is 12.1 Å². The summed E-state index contributed by atoms with van der Waals surface area (Å²) in [6.45, 7) is 1.11. The number of carbonyl (C=O) groups is 1. The van der Waals surface area contributed by atoms with Gasteiger partial charge in [-0.15, -0.1) is 11.3 Å². The van der Waals surface area contributed by atoms with Crippen LogP contribution in [0.2, 0.25) is 0 Å². The summed E-state index contributed by atoms with van der Waals surface area (Å²) in [5.41, 5.74) is 7.65. The van der Waals surface area contributed by atoms with Gasteiger partial charge in [0.15, 0.2) is 0 Å². The first kappa shape index (κ1) is 13.3. The molecule has 5 nitrogen and oxygen atoms in total. The molecule has 1 aliphatic heterocycles. The van der Waals surface area contributed by atoms with E-state index in [-0.39, 0.29) is 5.91 Å². The van der Waals surface area contributed by atoms with Crippen LogP contribution in [0.15, 0.2) is 12.1 Å². The van der Waals surface area contributed by atoms with Crippen molar-refractivity contribution in [2.24, 2.45) is 0 Å². The fraction of sp³-hybridized carbons (Fsp3) is 0.429. The Kier molecular flexibility index (Phi) is 3.35. The lowest BCUT2D eigenvalue weighted by atomic mass is 10.1. The van der Waals surface area contributed by atoms with Crippen LogP contribution in [-0.4, -0.2) is 36.4 Å². The summed E-state index contributed by atoms with van der Waals surface area (Å²) in [7, 11) is 3.74. The van der Waals surface area contributed by atoms with Gasteiger partial charge in [-0.1, -0.05) is 0 Å². The highest BCUT2D eigenvalue weighted by molar-refractivity contribution is 7.21. The zero-order valence-corrected chi connectivity index (χ0v) is 12.5. The number of likely N-dealkylation sites (tertiary alicyclic amines) is 1. The van der Waals surface area contributed by atoms with Gasteiger partial charge >= 0.3 is 0 Å². The van der Waals surface area contributed by atoms with E-state index >= 15 is 0 Å². The van der Waals surface area contributed by atoms with Crippen LogP contribution in [0.25, 0.3) is 10.2 Å². The maximum Gasteiger partial charge on any atom is 0.263 e. The number of thiophene rings is 1. The van der Waals surface area contributed by atoms with Gasteiger partial charge in [0, 0.05) is 12.4 Å². The second-order valence-corrected chi connectivity index (χ2v) is 6.15. The number of nitrogens with one attached hydrogen (secondary N) is 1. The number of rotatable bonds is 2. The Morgan fingerprint density at radius 1 is 1.55 bits per heavy atom. The predicted molar refractivity (Wildman–Crippen MR) is 82.0 cm³/mol. The van der Waals surface area contributed by atoms with Crippen LogP contribution in [0.4, 0.5) is 5.69 Å². The smallest absolute Gasteiger partial charge is 0.263 e. The summed E-state index contributed by atoms with van der Waals surface area (Å²) in [6.07, 6.45) is 2.34. The third kappa shape index (κ3) is 2.05. The first-order valence-corrected chi connectivity index (χ1v) is 7.54. The minimum absolute atomic E-state index is 0.148.